The van der Waals surface area contributed by atoms with E-state index in [2.05, 4.69) is 26.1 Å². The van der Waals surface area contributed by atoms with Gasteiger partial charge in [0, 0.05) is 52.2 Å². The first kappa shape index (κ1) is 16.9. The van der Waals surface area contributed by atoms with Crippen LogP contribution < -0.4 is 0 Å². The van der Waals surface area contributed by atoms with E-state index in [1.165, 1.54) is 17.3 Å². The van der Waals surface area contributed by atoms with Gasteiger partial charge in [-0.05, 0) is 18.1 Å². The lowest BCUT2D eigenvalue weighted by molar-refractivity contribution is -0.128. The van der Waals surface area contributed by atoms with E-state index in [0.29, 0.717) is 5.75 Å². The molecule has 1 aliphatic rings. The molecule has 1 saturated heterocycles. The second kappa shape index (κ2) is 8.25. The van der Waals surface area contributed by atoms with Crippen LogP contribution in [0.3, 0.4) is 0 Å². The molecular formula is C16H22N6OS. The second-order valence-electron chi connectivity index (χ2n) is 5.88. The molecule has 0 N–H and O–H groups in total. The Labute approximate surface area is 146 Å². The number of pyridine rings is 1. The normalized spacial score (nSPS) is 16.1. The lowest BCUT2D eigenvalue weighted by Crippen LogP contribution is -2.36. The molecule has 0 saturated carbocycles. The molecule has 0 atom stereocenters. The average molecular weight is 346 g/mol. The van der Waals surface area contributed by atoms with Crippen molar-refractivity contribution < 1.29 is 4.79 Å². The van der Waals surface area contributed by atoms with Gasteiger partial charge in [0.1, 0.15) is 6.33 Å². The Morgan fingerprint density at radius 1 is 1.29 bits per heavy atom. The van der Waals surface area contributed by atoms with Crippen molar-refractivity contribution in [1.82, 2.24) is 29.5 Å². The topological polar surface area (TPSA) is 67.2 Å². The first-order chi connectivity index (χ1) is 11.7. The Balaban J connectivity index is 1.48. The summed E-state index contributed by atoms with van der Waals surface area (Å²) in [5.74, 6) is 0.584. The molecule has 0 unspecified atom stereocenters. The Hall–Kier alpha value is -1.93. The van der Waals surface area contributed by atoms with Crippen molar-refractivity contribution in [2.75, 3.05) is 31.9 Å². The summed E-state index contributed by atoms with van der Waals surface area (Å²) in [6.45, 7) is 4.40. The van der Waals surface area contributed by atoms with Crippen LogP contribution in [-0.4, -0.2) is 67.4 Å². The molecule has 2 aromatic heterocycles. The van der Waals surface area contributed by atoms with E-state index in [1.54, 1.807) is 12.5 Å². The minimum atomic E-state index is 0.172. The average Bonchev–Trinajstić information content (AvgIpc) is 2.86. The van der Waals surface area contributed by atoms with Crippen LogP contribution in [-0.2, 0) is 18.4 Å². The third-order valence-electron chi connectivity index (χ3n) is 4.06. The summed E-state index contributed by atoms with van der Waals surface area (Å²) in [4.78, 5) is 21.0. The SMILES string of the molecule is Cn1cnnc1SCC(=O)N1CCCN(Cc2cccnc2)CC1. The molecular weight excluding hydrogens is 324 g/mol. The standard InChI is InChI=1S/C16H22N6OS/c1-20-13-18-19-16(20)24-12-15(23)22-7-3-6-21(8-9-22)11-14-4-2-5-17-10-14/h2,4-5,10,13H,3,6-9,11-12H2,1H3. The number of hydrogen-bond donors (Lipinski definition) is 0. The van der Waals surface area contributed by atoms with Crippen molar-refractivity contribution in [1.29, 1.82) is 0 Å². The molecule has 128 valence electrons. The lowest BCUT2D eigenvalue weighted by atomic mass is 10.2. The van der Waals surface area contributed by atoms with Crippen molar-refractivity contribution in [3.8, 4) is 0 Å². The highest BCUT2D eigenvalue weighted by Gasteiger charge is 2.19. The molecule has 1 aliphatic heterocycles. The third kappa shape index (κ3) is 4.55. The zero-order valence-electron chi connectivity index (χ0n) is 13.8. The Kier molecular flexibility index (Phi) is 5.81. The molecule has 24 heavy (non-hydrogen) atoms. The number of thioether (sulfide) groups is 1. The predicted molar refractivity (Wildman–Crippen MR) is 92.4 cm³/mol. The minimum Gasteiger partial charge on any atom is -0.341 e. The second-order valence-corrected chi connectivity index (χ2v) is 6.83. The van der Waals surface area contributed by atoms with Crippen LogP contribution in [0, 0.1) is 0 Å². The van der Waals surface area contributed by atoms with E-state index in [9.17, 15) is 4.79 Å². The number of hydrogen-bond acceptors (Lipinski definition) is 6. The van der Waals surface area contributed by atoms with E-state index >= 15 is 0 Å². The number of nitrogens with zero attached hydrogens (tertiary/aromatic N) is 6. The summed E-state index contributed by atoms with van der Waals surface area (Å²) in [7, 11) is 1.88. The summed E-state index contributed by atoms with van der Waals surface area (Å²) in [5.41, 5.74) is 1.22. The number of carbonyl (C=O) groups is 1. The fraction of sp³-hybridized carbons (Fsp3) is 0.500. The van der Waals surface area contributed by atoms with Gasteiger partial charge in [-0.2, -0.15) is 0 Å². The number of amides is 1. The van der Waals surface area contributed by atoms with Crippen LogP contribution in [0.4, 0.5) is 0 Å². The summed E-state index contributed by atoms with van der Waals surface area (Å²) >= 11 is 1.44. The number of aryl methyl sites for hydroxylation is 1. The molecule has 0 bridgehead atoms. The van der Waals surface area contributed by atoms with Gasteiger partial charge in [-0.15, -0.1) is 10.2 Å². The van der Waals surface area contributed by atoms with Crippen molar-refractivity contribution in [3.63, 3.8) is 0 Å². The monoisotopic (exact) mass is 346 g/mol. The van der Waals surface area contributed by atoms with E-state index in [0.717, 1.165) is 44.3 Å². The van der Waals surface area contributed by atoms with Crippen LogP contribution in [0.15, 0.2) is 36.0 Å². The maximum Gasteiger partial charge on any atom is 0.233 e. The Morgan fingerprint density at radius 2 is 2.21 bits per heavy atom. The van der Waals surface area contributed by atoms with Crippen molar-refractivity contribution in [2.45, 2.75) is 18.1 Å². The zero-order chi connectivity index (χ0) is 16.8. The summed E-state index contributed by atoms with van der Waals surface area (Å²) in [6.07, 6.45) is 6.35. The van der Waals surface area contributed by atoms with Crippen LogP contribution in [0.5, 0.6) is 0 Å². The van der Waals surface area contributed by atoms with Gasteiger partial charge in [-0.25, -0.2) is 0 Å². The Bertz CT molecular complexity index is 662. The summed E-state index contributed by atoms with van der Waals surface area (Å²) < 4.78 is 1.83. The molecule has 0 radical (unpaired) electrons. The fourth-order valence-electron chi connectivity index (χ4n) is 2.75. The molecule has 7 nitrogen and oxygen atoms in total. The minimum absolute atomic E-state index is 0.172. The van der Waals surface area contributed by atoms with Gasteiger partial charge in [0.25, 0.3) is 0 Å². The molecule has 0 aliphatic carbocycles. The highest BCUT2D eigenvalue weighted by molar-refractivity contribution is 7.99. The smallest absolute Gasteiger partial charge is 0.233 e. The van der Waals surface area contributed by atoms with E-state index < -0.39 is 0 Å². The Morgan fingerprint density at radius 3 is 2.96 bits per heavy atom. The number of carbonyl (C=O) groups excluding carboxylic acids is 1. The highest BCUT2D eigenvalue weighted by Crippen LogP contribution is 2.15. The van der Waals surface area contributed by atoms with Gasteiger partial charge in [0.05, 0.1) is 5.75 Å². The zero-order valence-corrected chi connectivity index (χ0v) is 14.7. The lowest BCUT2D eigenvalue weighted by Gasteiger charge is -2.21. The maximum atomic E-state index is 12.4. The van der Waals surface area contributed by atoms with Crippen LogP contribution in [0.1, 0.15) is 12.0 Å². The highest BCUT2D eigenvalue weighted by atomic mass is 32.2. The van der Waals surface area contributed by atoms with Crippen LogP contribution in [0.25, 0.3) is 0 Å². The summed E-state index contributed by atoms with van der Waals surface area (Å²) in [5, 5.41) is 8.61. The molecule has 0 aromatic carbocycles. The van der Waals surface area contributed by atoms with E-state index in [-0.39, 0.29) is 5.91 Å². The molecule has 2 aromatic rings. The maximum absolute atomic E-state index is 12.4. The van der Waals surface area contributed by atoms with Crippen LogP contribution >= 0.6 is 11.8 Å². The largest absolute Gasteiger partial charge is 0.341 e. The van der Waals surface area contributed by atoms with Crippen molar-refractivity contribution >= 4 is 17.7 Å². The molecule has 1 amide bonds. The molecule has 8 heteroatoms. The van der Waals surface area contributed by atoms with Gasteiger partial charge >= 0.3 is 0 Å². The van der Waals surface area contributed by atoms with Gasteiger partial charge in [-0.3, -0.25) is 14.7 Å². The van der Waals surface area contributed by atoms with Crippen LogP contribution in [0.2, 0.25) is 0 Å². The van der Waals surface area contributed by atoms with Gasteiger partial charge in [-0.1, -0.05) is 17.8 Å². The first-order valence-electron chi connectivity index (χ1n) is 8.08. The van der Waals surface area contributed by atoms with Gasteiger partial charge in [0.2, 0.25) is 5.91 Å². The van der Waals surface area contributed by atoms with Crippen molar-refractivity contribution in [3.05, 3.63) is 36.4 Å². The number of rotatable bonds is 5. The van der Waals surface area contributed by atoms with E-state index in [1.807, 2.05) is 28.8 Å². The predicted octanol–water partition coefficient (Wildman–Crippen LogP) is 1.04. The van der Waals surface area contributed by atoms with Gasteiger partial charge in [0.15, 0.2) is 5.16 Å². The van der Waals surface area contributed by atoms with Gasteiger partial charge < -0.3 is 9.47 Å². The third-order valence-corrected chi connectivity index (χ3v) is 5.08. The molecule has 1 fully saturated rings. The molecule has 3 rings (SSSR count). The van der Waals surface area contributed by atoms with Crippen molar-refractivity contribution in [2.24, 2.45) is 7.05 Å². The quantitative estimate of drug-likeness (QED) is 0.754. The summed E-state index contributed by atoms with van der Waals surface area (Å²) in [6, 6.07) is 4.06. The fourth-order valence-corrected chi connectivity index (χ4v) is 3.54. The molecule has 3 heterocycles. The number of aromatic nitrogens is 4. The molecule has 0 spiro atoms. The van der Waals surface area contributed by atoms with E-state index in [4.69, 9.17) is 0 Å². The first-order valence-corrected chi connectivity index (χ1v) is 9.07.